The molecular weight excluding hydrogens is 228 g/mol. The average molecular weight is 250 g/mol. The second kappa shape index (κ2) is 6.46. The lowest BCUT2D eigenvalue weighted by Crippen LogP contribution is -2.32. The summed E-state index contributed by atoms with van der Waals surface area (Å²) in [6.07, 6.45) is 8.38. The molecule has 100 valence electrons. The molecule has 0 bridgehead atoms. The van der Waals surface area contributed by atoms with Crippen molar-refractivity contribution in [2.24, 2.45) is 0 Å². The Hall–Kier alpha value is -1.47. The van der Waals surface area contributed by atoms with Crippen molar-refractivity contribution >= 4 is 6.09 Å². The molecule has 0 aromatic rings. The van der Waals surface area contributed by atoms with Crippen LogP contribution < -0.4 is 5.32 Å². The van der Waals surface area contributed by atoms with E-state index < -0.39 is 5.60 Å². The normalized spacial score (nSPS) is 15.2. The SMILES string of the molecule is C#CCCNCC1=CN(C(=O)OC(C)(C)C)CC1. The third kappa shape index (κ3) is 5.24. The molecular formula is C14H22N2O2. The predicted octanol–water partition coefficient (Wildman–Crippen LogP) is 2.12. The van der Waals surface area contributed by atoms with E-state index in [2.05, 4.69) is 11.2 Å². The molecule has 0 atom stereocenters. The number of amides is 1. The van der Waals surface area contributed by atoms with E-state index in [1.54, 1.807) is 4.90 Å². The van der Waals surface area contributed by atoms with Gasteiger partial charge >= 0.3 is 6.09 Å². The zero-order valence-electron chi connectivity index (χ0n) is 11.5. The Kier molecular flexibility index (Phi) is 5.24. The van der Waals surface area contributed by atoms with Crippen LogP contribution in [0.1, 0.15) is 33.6 Å². The van der Waals surface area contributed by atoms with Crippen LogP contribution in [-0.2, 0) is 4.74 Å². The molecule has 0 unspecified atom stereocenters. The highest BCUT2D eigenvalue weighted by molar-refractivity contribution is 5.70. The number of nitrogens with zero attached hydrogens (tertiary/aromatic N) is 1. The van der Waals surface area contributed by atoms with Gasteiger partial charge in [0.1, 0.15) is 5.60 Å². The molecule has 0 saturated heterocycles. The first kappa shape index (κ1) is 14.6. The number of ether oxygens (including phenoxy) is 1. The Morgan fingerprint density at radius 1 is 1.61 bits per heavy atom. The molecule has 18 heavy (non-hydrogen) atoms. The number of carbonyl (C=O) groups is 1. The van der Waals surface area contributed by atoms with E-state index in [0.29, 0.717) is 6.54 Å². The summed E-state index contributed by atoms with van der Waals surface area (Å²) in [7, 11) is 0. The molecule has 0 spiro atoms. The van der Waals surface area contributed by atoms with E-state index in [0.717, 1.165) is 25.9 Å². The van der Waals surface area contributed by atoms with Gasteiger partial charge in [0.05, 0.1) is 0 Å². The third-order valence-electron chi connectivity index (χ3n) is 2.44. The summed E-state index contributed by atoms with van der Waals surface area (Å²) in [5, 5.41) is 3.25. The number of nitrogens with one attached hydrogen (secondary N) is 1. The van der Waals surface area contributed by atoms with Gasteiger partial charge in [0.15, 0.2) is 0 Å². The molecule has 0 fully saturated rings. The first-order valence-electron chi connectivity index (χ1n) is 6.26. The van der Waals surface area contributed by atoms with Crippen LogP contribution in [0.2, 0.25) is 0 Å². The standard InChI is InChI=1S/C14H22N2O2/c1-5-6-8-15-10-12-7-9-16(11-12)13(17)18-14(2,3)4/h1,11,15H,6-10H2,2-4H3. The second-order valence-electron chi connectivity index (χ2n) is 5.34. The van der Waals surface area contributed by atoms with Crippen molar-refractivity contribution in [2.75, 3.05) is 19.6 Å². The van der Waals surface area contributed by atoms with Crippen LogP contribution in [0.4, 0.5) is 4.79 Å². The highest BCUT2D eigenvalue weighted by Crippen LogP contribution is 2.17. The van der Waals surface area contributed by atoms with Crippen LogP contribution in [0.5, 0.6) is 0 Å². The first-order chi connectivity index (χ1) is 8.42. The van der Waals surface area contributed by atoms with Gasteiger partial charge in [0.25, 0.3) is 0 Å². The lowest BCUT2D eigenvalue weighted by Gasteiger charge is -2.23. The summed E-state index contributed by atoms with van der Waals surface area (Å²) < 4.78 is 5.31. The van der Waals surface area contributed by atoms with Crippen LogP contribution in [0.3, 0.4) is 0 Å². The second-order valence-corrected chi connectivity index (χ2v) is 5.34. The Labute approximate surface area is 109 Å². The smallest absolute Gasteiger partial charge is 0.414 e. The van der Waals surface area contributed by atoms with Crippen LogP contribution in [0.15, 0.2) is 11.8 Å². The summed E-state index contributed by atoms with van der Waals surface area (Å²) in [6, 6.07) is 0. The van der Waals surface area contributed by atoms with E-state index in [1.807, 2.05) is 27.0 Å². The molecule has 1 amide bonds. The number of carbonyl (C=O) groups excluding carboxylic acids is 1. The number of hydrogen-bond donors (Lipinski definition) is 1. The minimum absolute atomic E-state index is 0.277. The third-order valence-corrected chi connectivity index (χ3v) is 2.44. The topological polar surface area (TPSA) is 41.6 Å². The number of rotatable bonds is 4. The van der Waals surface area contributed by atoms with Gasteiger partial charge in [0.2, 0.25) is 0 Å². The van der Waals surface area contributed by atoms with Crippen LogP contribution in [-0.4, -0.2) is 36.2 Å². The molecule has 4 nitrogen and oxygen atoms in total. The molecule has 1 rings (SSSR count). The lowest BCUT2D eigenvalue weighted by molar-refractivity contribution is 0.0349. The summed E-state index contributed by atoms with van der Waals surface area (Å²) >= 11 is 0. The quantitative estimate of drug-likeness (QED) is 0.614. The van der Waals surface area contributed by atoms with Crippen molar-refractivity contribution < 1.29 is 9.53 Å². The summed E-state index contributed by atoms with van der Waals surface area (Å²) in [5.41, 5.74) is 0.761. The lowest BCUT2D eigenvalue weighted by atomic mass is 10.2. The van der Waals surface area contributed by atoms with Crippen LogP contribution in [0, 0.1) is 12.3 Å². The molecule has 0 aromatic heterocycles. The Morgan fingerprint density at radius 3 is 2.94 bits per heavy atom. The minimum atomic E-state index is -0.446. The van der Waals surface area contributed by atoms with E-state index in [1.165, 1.54) is 5.57 Å². The molecule has 0 aromatic carbocycles. The fourth-order valence-electron chi connectivity index (χ4n) is 1.62. The average Bonchev–Trinajstić information content (AvgIpc) is 2.71. The molecule has 1 heterocycles. The van der Waals surface area contributed by atoms with Crippen LogP contribution >= 0.6 is 0 Å². The minimum Gasteiger partial charge on any atom is -0.443 e. The van der Waals surface area contributed by atoms with Gasteiger partial charge < -0.3 is 10.1 Å². The van der Waals surface area contributed by atoms with Gasteiger partial charge in [-0.2, -0.15) is 0 Å². The Bertz CT molecular complexity index is 361. The number of terminal acetylenes is 1. The van der Waals surface area contributed by atoms with Gasteiger partial charge in [-0.3, -0.25) is 4.90 Å². The monoisotopic (exact) mass is 250 g/mol. The predicted molar refractivity (Wildman–Crippen MR) is 72.0 cm³/mol. The number of hydrogen-bond acceptors (Lipinski definition) is 3. The maximum Gasteiger partial charge on any atom is 0.414 e. The largest absolute Gasteiger partial charge is 0.443 e. The van der Waals surface area contributed by atoms with Crippen molar-refractivity contribution in [3.05, 3.63) is 11.8 Å². The summed E-state index contributed by atoms with van der Waals surface area (Å²) in [4.78, 5) is 13.4. The van der Waals surface area contributed by atoms with E-state index in [-0.39, 0.29) is 6.09 Å². The Morgan fingerprint density at radius 2 is 2.33 bits per heavy atom. The van der Waals surface area contributed by atoms with Crippen molar-refractivity contribution in [3.8, 4) is 12.3 Å². The van der Waals surface area contributed by atoms with E-state index in [9.17, 15) is 4.79 Å². The first-order valence-corrected chi connectivity index (χ1v) is 6.26. The molecule has 0 aliphatic carbocycles. The van der Waals surface area contributed by atoms with Gasteiger partial charge in [-0.1, -0.05) is 0 Å². The van der Waals surface area contributed by atoms with E-state index in [4.69, 9.17) is 11.2 Å². The molecule has 0 saturated carbocycles. The van der Waals surface area contributed by atoms with Crippen LogP contribution in [0.25, 0.3) is 0 Å². The van der Waals surface area contributed by atoms with Gasteiger partial charge in [-0.25, -0.2) is 4.79 Å². The van der Waals surface area contributed by atoms with Crippen molar-refractivity contribution in [1.29, 1.82) is 0 Å². The van der Waals surface area contributed by atoms with Crippen molar-refractivity contribution in [2.45, 2.75) is 39.2 Å². The van der Waals surface area contributed by atoms with E-state index >= 15 is 0 Å². The van der Waals surface area contributed by atoms with Gasteiger partial charge in [0, 0.05) is 32.3 Å². The molecule has 0 radical (unpaired) electrons. The zero-order valence-corrected chi connectivity index (χ0v) is 11.5. The maximum absolute atomic E-state index is 11.8. The maximum atomic E-state index is 11.8. The molecule has 1 aliphatic rings. The Balaban J connectivity index is 2.36. The summed E-state index contributed by atoms with van der Waals surface area (Å²) in [5.74, 6) is 2.58. The highest BCUT2D eigenvalue weighted by Gasteiger charge is 2.24. The molecule has 1 N–H and O–H groups in total. The summed E-state index contributed by atoms with van der Waals surface area (Å²) in [6.45, 7) is 7.88. The molecule has 4 heteroatoms. The van der Waals surface area contributed by atoms with Crippen molar-refractivity contribution in [1.82, 2.24) is 10.2 Å². The fourth-order valence-corrected chi connectivity index (χ4v) is 1.62. The zero-order chi connectivity index (χ0) is 13.6. The van der Waals surface area contributed by atoms with Crippen molar-refractivity contribution in [3.63, 3.8) is 0 Å². The fraction of sp³-hybridized carbons (Fsp3) is 0.643. The van der Waals surface area contributed by atoms with Gasteiger partial charge in [-0.05, 0) is 32.8 Å². The molecule has 1 aliphatic heterocycles. The van der Waals surface area contributed by atoms with Gasteiger partial charge in [-0.15, -0.1) is 12.3 Å². The highest BCUT2D eigenvalue weighted by atomic mass is 16.6.